The van der Waals surface area contributed by atoms with Crippen molar-refractivity contribution in [2.45, 2.75) is 0 Å². The molecule has 64 valence electrons. The molecule has 12 heavy (non-hydrogen) atoms. The maximum atomic E-state index is 12.4. The molecule has 0 saturated carbocycles. The molecule has 0 radical (unpaired) electrons. The monoisotopic (exact) mass is 281 g/mol. The van der Waals surface area contributed by atoms with Crippen molar-refractivity contribution in [3.8, 4) is 0 Å². The third-order valence-corrected chi connectivity index (χ3v) is 2.04. The second kappa shape index (κ2) is 3.79. The predicted molar refractivity (Wildman–Crippen MR) is 48.3 cm³/mol. The van der Waals surface area contributed by atoms with Crippen LogP contribution in [0.25, 0.3) is 0 Å². The number of pyridine rings is 1. The first-order chi connectivity index (χ1) is 5.65. The van der Waals surface area contributed by atoms with Crippen LogP contribution in [-0.2, 0) is 4.74 Å². The average molecular weight is 281 g/mol. The Hall–Kier alpha value is -0.720. The van der Waals surface area contributed by atoms with E-state index < -0.39 is 11.9 Å². The van der Waals surface area contributed by atoms with Crippen LogP contribution in [0.15, 0.2) is 12.1 Å². The van der Waals surface area contributed by atoms with Gasteiger partial charge < -0.3 is 4.74 Å². The highest BCUT2D eigenvalue weighted by atomic mass is 127. The van der Waals surface area contributed by atoms with Crippen LogP contribution >= 0.6 is 22.6 Å². The lowest BCUT2D eigenvalue weighted by Crippen LogP contribution is -2.05. The summed E-state index contributed by atoms with van der Waals surface area (Å²) in [5, 5.41) is 0. The number of carbonyl (C=O) groups is 1. The zero-order chi connectivity index (χ0) is 9.14. The van der Waals surface area contributed by atoms with Crippen LogP contribution < -0.4 is 0 Å². The molecule has 5 heteroatoms. The average Bonchev–Trinajstić information content (AvgIpc) is 2.03. The fraction of sp³-hybridized carbons (Fsp3) is 0.143. The van der Waals surface area contributed by atoms with E-state index >= 15 is 0 Å². The van der Waals surface area contributed by atoms with Crippen LogP contribution in [0, 0.1) is 9.65 Å². The molecule has 0 N–H and O–H groups in total. The van der Waals surface area contributed by atoms with E-state index in [1.807, 2.05) is 0 Å². The molecule has 0 fully saturated rings. The molecule has 0 amide bonds. The Morgan fingerprint density at radius 2 is 2.33 bits per heavy atom. The van der Waals surface area contributed by atoms with Gasteiger partial charge >= 0.3 is 5.97 Å². The van der Waals surface area contributed by atoms with Crippen LogP contribution in [-0.4, -0.2) is 18.1 Å². The van der Waals surface area contributed by atoms with Crippen molar-refractivity contribution in [1.82, 2.24) is 4.98 Å². The number of methoxy groups -OCH3 is 1. The van der Waals surface area contributed by atoms with E-state index in [0.717, 1.165) is 6.07 Å². The molecular weight excluding hydrogens is 276 g/mol. The first-order valence-electron chi connectivity index (χ1n) is 3.05. The second-order valence-electron chi connectivity index (χ2n) is 1.96. The summed E-state index contributed by atoms with van der Waals surface area (Å²) in [5.41, 5.74) is 0.277. The summed E-state index contributed by atoms with van der Waals surface area (Å²) in [4.78, 5) is 14.4. The lowest BCUT2D eigenvalue weighted by molar-refractivity contribution is 0.0599. The van der Waals surface area contributed by atoms with Crippen molar-refractivity contribution in [1.29, 1.82) is 0 Å². The summed E-state index contributed by atoms with van der Waals surface area (Å²) in [5.74, 6) is -1.11. The van der Waals surface area contributed by atoms with Crippen molar-refractivity contribution in [3.63, 3.8) is 0 Å². The number of ether oxygens (including phenoxy) is 1. The van der Waals surface area contributed by atoms with Gasteiger partial charge in [-0.05, 0) is 34.7 Å². The van der Waals surface area contributed by atoms with E-state index in [9.17, 15) is 9.18 Å². The molecule has 0 aromatic carbocycles. The van der Waals surface area contributed by atoms with Gasteiger partial charge in [0.2, 0.25) is 5.95 Å². The maximum Gasteiger partial charge on any atom is 0.340 e. The van der Waals surface area contributed by atoms with Gasteiger partial charge in [-0.25, -0.2) is 9.78 Å². The Balaban J connectivity index is 3.09. The standard InChI is InChI=1S/C7H5FINO2/c1-12-7(11)4-2-3-5(8)10-6(4)9/h2-3H,1H3. The second-order valence-corrected chi connectivity index (χ2v) is 2.99. The van der Waals surface area contributed by atoms with E-state index in [1.165, 1.54) is 13.2 Å². The Bertz CT molecular complexity index is 316. The zero-order valence-electron chi connectivity index (χ0n) is 6.17. The molecule has 1 aromatic rings. The number of halogens is 2. The van der Waals surface area contributed by atoms with Gasteiger partial charge in [-0.3, -0.25) is 0 Å². The lowest BCUT2D eigenvalue weighted by Gasteiger charge is -1.99. The number of nitrogens with zero attached hydrogens (tertiary/aromatic N) is 1. The first kappa shape index (κ1) is 9.37. The van der Waals surface area contributed by atoms with Crippen LogP contribution in [0.5, 0.6) is 0 Å². The van der Waals surface area contributed by atoms with E-state index in [1.54, 1.807) is 22.6 Å². The summed E-state index contributed by atoms with van der Waals surface area (Å²) in [6.45, 7) is 0. The lowest BCUT2D eigenvalue weighted by atomic mass is 10.3. The van der Waals surface area contributed by atoms with E-state index in [2.05, 4.69) is 9.72 Å². The van der Waals surface area contributed by atoms with Gasteiger partial charge in [0, 0.05) is 0 Å². The number of hydrogen-bond acceptors (Lipinski definition) is 3. The first-order valence-corrected chi connectivity index (χ1v) is 4.13. The SMILES string of the molecule is COC(=O)c1ccc(F)nc1I. The van der Waals surface area contributed by atoms with Crippen LogP contribution in [0.1, 0.15) is 10.4 Å². The van der Waals surface area contributed by atoms with Gasteiger partial charge in [-0.2, -0.15) is 4.39 Å². The quantitative estimate of drug-likeness (QED) is 0.446. The van der Waals surface area contributed by atoms with Gasteiger partial charge in [-0.1, -0.05) is 0 Å². The Morgan fingerprint density at radius 3 is 2.83 bits per heavy atom. The van der Waals surface area contributed by atoms with Crippen molar-refractivity contribution >= 4 is 28.6 Å². The van der Waals surface area contributed by atoms with E-state index in [4.69, 9.17) is 0 Å². The molecule has 0 aliphatic carbocycles. The summed E-state index contributed by atoms with van der Waals surface area (Å²) in [6.07, 6.45) is 0. The van der Waals surface area contributed by atoms with E-state index in [-0.39, 0.29) is 5.56 Å². The van der Waals surface area contributed by atoms with Gasteiger partial charge in [0.25, 0.3) is 0 Å². The molecule has 3 nitrogen and oxygen atoms in total. The van der Waals surface area contributed by atoms with Crippen molar-refractivity contribution in [2.75, 3.05) is 7.11 Å². The molecule has 0 aliphatic rings. The van der Waals surface area contributed by atoms with Gasteiger partial charge in [0.1, 0.15) is 3.70 Å². The van der Waals surface area contributed by atoms with E-state index in [0.29, 0.717) is 3.70 Å². The Kier molecular flexibility index (Phi) is 2.96. The third-order valence-electron chi connectivity index (χ3n) is 1.22. The molecule has 0 unspecified atom stereocenters. The minimum absolute atomic E-state index is 0.277. The van der Waals surface area contributed by atoms with Gasteiger partial charge in [-0.15, -0.1) is 0 Å². The molecular formula is C7H5FINO2. The van der Waals surface area contributed by atoms with Gasteiger partial charge in [0.05, 0.1) is 12.7 Å². The predicted octanol–water partition coefficient (Wildman–Crippen LogP) is 1.61. The summed E-state index contributed by atoms with van der Waals surface area (Å²) in [6, 6.07) is 2.46. The molecule has 0 bridgehead atoms. The zero-order valence-corrected chi connectivity index (χ0v) is 8.33. The van der Waals surface area contributed by atoms with Crippen LogP contribution in [0.3, 0.4) is 0 Å². The minimum Gasteiger partial charge on any atom is -0.465 e. The fourth-order valence-electron chi connectivity index (χ4n) is 0.674. The molecule has 0 aliphatic heterocycles. The highest BCUT2D eigenvalue weighted by Crippen LogP contribution is 2.10. The van der Waals surface area contributed by atoms with Crippen molar-refractivity contribution in [2.24, 2.45) is 0 Å². The number of carbonyl (C=O) groups excluding carboxylic acids is 1. The molecule has 1 rings (SSSR count). The van der Waals surface area contributed by atoms with Crippen LogP contribution in [0.2, 0.25) is 0 Å². The summed E-state index contributed by atoms with van der Waals surface area (Å²) in [7, 11) is 1.27. The maximum absolute atomic E-state index is 12.4. The van der Waals surface area contributed by atoms with Crippen molar-refractivity contribution in [3.05, 3.63) is 27.3 Å². The largest absolute Gasteiger partial charge is 0.465 e. The highest BCUT2D eigenvalue weighted by Gasteiger charge is 2.11. The minimum atomic E-state index is -0.605. The molecule has 1 aromatic heterocycles. The van der Waals surface area contributed by atoms with Crippen molar-refractivity contribution < 1.29 is 13.9 Å². The van der Waals surface area contributed by atoms with Gasteiger partial charge in [0.15, 0.2) is 0 Å². The molecule has 1 heterocycles. The third kappa shape index (κ3) is 1.90. The fourth-order valence-corrected chi connectivity index (χ4v) is 1.30. The smallest absolute Gasteiger partial charge is 0.340 e. The normalized spacial score (nSPS) is 9.58. The molecule has 0 atom stereocenters. The summed E-state index contributed by atoms with van der Waals surface area (Å²) < 4.78 is 17.2. The molecule has 0 spiro atoms. The number of aromatic nitrogens is 1. The number of esters is 1. The molecule has 0 saturated heterocycles. The number of hydrogen-bond donors (Lipinski definition) is 0. The highest BCUT2D eigenvalue weighted by molar-refractivity contribution is 14.1. The Labute approximate surface area is 82.1 Å². The summed E-state index contributed by atoms with van der Waals surface area (Å²) >= 11 is 1.77. The number of rotatable bonds is 1. The topological polar surface area (TPSA) is 39.2 Å². The van der Waals surface area contributed by atoms with Crippen LogP contribution in [0.4, 0.5) is 4.39 Å². The Morgan fingerprint density at radius 1 is 1.67 bits per heavy atom.